The summed E-state index contributed by atoms with van der Waals surface area (Å²) in [4.78, 5) is 4.57. The van der Waals surface area contributed by atoms with Crippen LogP contribution in [-0.2, 0) is 0 Å². The molecular weight excluding hydrogens is 280 g/mol. The maximum atomic E-state index is 6.00. The first-order chi connectivity index (χ1) is 8.16. The summed E-state index contributed by atoms with van der Waals surface area (Å²) in [6.07, 6.45) is 2.32. The van der Waals surface area contributed by atoms with Crippen LogP contribution < -0.4 is 11.6 Å². The molecule has 0 atom stereocenters. The molecule has 0 radical (unpaired) electrons. The van der Waals surface area contributed by atoms with Crippen molar-refractivity contribution in [1.29, 1.82) is 0 Å². The van der Waals surface area contributed by atoms with Crippen LogP contribution in [0.25, 0.3) is 11.3 Å². The summed E-state index contributed by atoms with van der Waals surface area (Å²) < 4.78 is 2.56. The summed E-state index contributed by atoms with van der Waals surface area (Å²) in [6.45, 7) is 0. The number of hydrogen-bond donors (Lipinski definition) is 2. The Labute approximate surface area is 108 Å². The van der Waals surface area contributed by atoms with E-state index in [1.807, 2.05) is 24.3 Å². The highest BCUT2D eigenvalue weighted by molar-refractivity contribution is 9.10. The number of nitrogens with two attached hydrogens (primary N) is 2. The van der Waals surface area contributed by atoms with Gasteiger partial charge in [0.2, 0.25) is 0 Å². The second-order valence-electron chi connectivity index (χ2n) is 4.36. The second kappa shape index (κ2) is 3.77. The van der Waals surface area contributed by atoms with Gasteiger partial charge in [0.05, 0.1) is 0 Å². The summed E-state index contributed by atoms with van der Waals surface area (Å²) in [7, 11) is 0. The van der Waals surface area contributed by atoms with Crippen molar-refractivity contribution in [2.75, 3.05) is 11.6 Å². The molecule has 1 fully saturated rings. The molecule has 1 aliphatic rings. The molecule has 0 aliphatic heterocycles. The average Bonchev–Trinajstić information content (AvgIpc) is 3.11. The van der Waals surface area contributed by atoms with E-state index in [1.165, 1.54) is 4.68 Å². The van der Waals surface area contributed by atoms with Gasteiger partial charge in [-0.15, -0.1) is 0 Å². The predicted octanol–water partition coefficient (Wildman–Crippen LogP) is 2.49. The largest absolute Gasteiger partial charge is 0.382 e. The standard InChI is InChI=1S/C12H13BrN4/c13-9-5-3-7(4-6-9)10-11(14)17(15)12(16-10)8-1-2-8/h3-6,8H,1-2,14-15H2. The van der Waals surface area contributed by atoms with E-state index in [9.17, 15) is 0 Å². The molecule has 2 aromatic rings. The van der Waals surface area contributed by atoms with Gasteiger partial charge in [-0.05, 0) is 25.0 Å². The van der Waals surface area contributed by atoms with Crippen molar-refractivity contribution in [3.63, 3.8) is 0 Å². The van der Waals surface area contributed by atoms with Crippen LogP contribution in [0.5, 0.6) is 0 Å². The fraction of sp³-hybridized carbons (Fsp3) is 0.250. The second-order valence-corrected chi connectivity index (χ2v) is 5.27. The Kier molecular flexibility index (Phi) is 2.36. The van der Waals surface area contributed by atoms with Crippen LogP contribution in [0.3, 0.4) is 0 Å². The maximum Gasteiger partial charge on any atom is 0.150 e. The first-order valence-electron chi connectivity index (χ1n) is 5.56. The number of rotatable bonds is 2. The van der Waals surface area contributed by atoms with Crippen molar-refractivity contribution in [3.05, 3.63) is 34.6 Å². The molecule has 3 rings (SSSR count). The van der Waals surface area contributed by atoms with E-state index in [1.54, 1.807) is 0 Å². The number of nitrogen functional groups attached to an aromatic ring is 2. The predicted molar refractivity (Wildman–Crippen MR) is 71.9 cm³/mol. The fourth-order valence-corrected chi connectivity index (χ4v) is 2.18. The van der Waals surface area contributed by atoms with Gasteiger partial charge in [0, 0.05) is 16.0 Å². The molecule has 88 valence electrons. The van der Waals surface area contributed by atoms with E-state index >= 15 is 0 Å². The molecule has 4 nitrogen and oxygen atoms in total. The van der Waals surface area contributed by atoms with E-state index in [2.05, 4.69) is 20.9 Å². The summed E-state index contributed by atoms with van der Waals surface area (Å²) in [5.74, 6) is 7.86. The molecule has 1 saturated carbocycles. The van der Waals surface area contributed by atoms with Gasteiger partial charge in [-0.25, -0.2) is 9.66 Å². The number of anilines is 1. The first kappa shape index (κ1) is 10.7. The SMILES string of the molecule is Nc1c(-c2ccc(Br)cc2)nc(C2CC2)n1N. The van der Waals surface area contributed by atoms with Gasteiger partial charge in [-0.3, -0.25) is 0 Å². The van der Waals surface area contributed by atoms with Crippen LogP contribution in [0.2, 0.25) is 0 Å². The molecule has 1 aromatic carbocycles. The van der Waals surface area contributed by atoms with Gasteiger partial charge in [0.25, 0.3) is 0 Å². The Balaban J connectivity index is 2.08. The topological polar surface area (TPSA) is 69.9 Å². The van der Waals surface area contributed by atoms with Crippen LogP contribution in [0.4, 0.5) is 5.82 Å². The van der Waals surface area contributed by atoms with E-state index in [4.69, 9.17) is 11.6 Å². The minimum Gasteiger partial charge on any atom is -0.382 e. The monoisotopic (exact) mass is 292 g/mol. The van der Waals surface area contributed by atoms with Crippen LogP contribution in [0.1, 0.15) is 24.6 Å². The number of benzene rings is 1. The lowest BCUT2D eigenvalue weighted by atomic mass is 10.1. The summed E-state index contributed by atoms with van der Waals surface area (Å²) >= 11 is 3.41. The lowest BCUT2D eigenvalue weighted by Gasteiger charge is -2.01. The summed E-state index contributed by atoms with van der Waals surface area (Å²) in [5, 5.41) is 0. The Hall–Kier alpha value is -1.49. The number of aromatic nitrogens is 2. The van der Waals surface area contributed by atoms with Crippen molar-refractivity contribution >= 4 is 21.7 Å². The molecule has 5 heteroatoms. The molecular formula is C12H13BrN4. The van der Waals surface area contributed by atoms with Crippen molar-refractivity contribution in [3.8, 4) is 11.3 Å². The lowest BCUT2D eigenvalue weighted by molar-refractivity contribution is 0.855. The molecule has 0 unspecified atom stereocenters. The third kappa shape index (κ3) is 1.80. The number of hydrogen-bond acceptors (Lipinski definition) is 3. The Morgan fingerprint density at radius 3 is 2.47 bits per heavy atom. The van der Waals surface area contributed by atoms with Crippen LogP contribution in [-0.4, -0.2) is 9.66 Å². The highest BCUT2D eigenvalue weighted by Crippen LogP contribution is 2.41. The zero-order chi connectivity index (χ0) is 12.0. The van der Waals surface area contributed by atoms with Crippen molar-refractivity contribution in [2.24, 2.45) is 0 Å². The molecule has 17 heavy (non-hydrogen) atoms. The fourth-order valence-electron chi connectivity index (χ4n) is 1.91. The minimum absolute atomic E-state index is 0.492. The number of imidazole rings is 1. The van der Waals surface area contributed by atoms with Gasteiger partial charge < -0.3 is 11.6 Å². The smallest absolute Gasteiger partial charge is 0.150 e. The lowest BCUT2D eigenvalue weighted by Crippen LogP contribution is -2.14. The van der Waals surface area contributed by atoms with Gasteiger partial charge >= 0.3 is 0 Å². The molecule has 0 amide bonds. The molecule has 0 spiro atoms. The number of halogens is 1. The van der Waals surface area contributed by atoms with Crippen LogP contribution in [0, 0.1) is 0 Å². The van der Waals surface area contributed by atoms with Crippen LogP contribution >= 0.6 is 15.9 Å². The molecule has 0 saturated heterocycles. The van der Waals surface area contributed by atoms with Crippen molar-refractivity contribution in [1.82, 2.24) is 9.66 Å². The molecule has 1 aromatic heterocycles. The van der Waals surface area contributed by atoms with Gasteiger partial charge in [-0.2, -0.15) is 0 Å². The van der Waals surface area contributed by atoms with Gasteiger partial charge in [-0.1, -0.05) is 28.1 Å². The summed E-state index contributed by atoms with van der Waals surface area (Å²) in [6, 6.07) is 7.92. The van der Waals surface area contributed by atoms with Crippen LogP contribution in [0.15, 0.2) is 28.7 Å². The quantitative estimate of drug-likeness (QED) is 0.836. The zero-order valence-electron chi connectivity index (χ0n) is 9.23. The number of nitrogens with zero attached hydrogens (tertiary/aromatic N) is 2. The Morgan fingerprint density at radius 1 is 1.24 bits per heavy atom. The van der Waals surface area contributed by atoms with Crippen molar-refractivity contribution < 1.29 is 0 Å². The minimum atomic E-state index is 0.492. The van der Waals surface area contributed by atoms with Gasteiger partial charge in [0.15, 0.2) is 5.82 Å². The van der Waals surface area contributed by atoms with Gasteiger partial charge in [0.1, 0.15) is 11.5 Å². The van der Waals surface area contributed by atoms with E-state index in [-0.39, 0.29) is 0 Å². The van der Waals surface area contributed by atoms with E-state index in [0.29, 0.717) is 11.7 Å². The highest BCUT2D eigenvalue weighted by atomic mass is 79.9. The zero-order valence-corrected chi connectivity index (χ0v) is 10.8. The first-order valence-corrected chi connectivity index (χ1v) is 6.35. The normalized spacial score (nSPS) is 15.1. The Bertz CT molecular complexity index is 555. The molecule has 1 heterocycles. The molecule has 0 bridgehead atoms. The van der Waals surface area contributed by atoms with E-state index < -0.39 is 0 Å². The molecule has 4 N–H and O–H groups in total. The third-order valence-corrected chi connectivity index (χ3v) is 3.56. The molecule has 1 aliphatic carbocycles. The average molecular weight is 293 g/mol. The maximum absolute atomic E-state index is 6.00. The van der Waals surface area contributed by atoms with Crippen molar-refractivity contribution in [2.45, 2.75) is 18.8 Å². The highest BCUT2D eigenvalue weighted by Gasteiger charge is 2.30. The van der Waals surface area contributed by atoms with E-state index in [0.717, 1.165) is 34.4 Å². The Morgan fingerprint density at radius 2 is 1.88 bits per heavy atom. The summed E-state index contributed by atoms with van der Waals surface area (Å²) in [5.41, 5.74) is 7.78. The third-order valence-electron chi connectivity index (χ3n) is 3.04.